The van der Waals surface area contributed by atoms with Gasteiger partial charge in [-0.1, -0.05) is 52.3 Å². The van der Waals surface area contributed by atoms with Crippen molar-refractivity contribution in [2.45, 2.75) is 6.61 Å². The number of fused-ring (bicyclic) bond motifs is 2. The Morgan fingerprint density at radius 2 is 1.76 bits per heavy atom. The van der Waals surface area contributed by atoms with E-state index in [2.05, 4.69) is 72.7 Å². The monoisotopic (exact) mass is 576 g/mol. The summed E-state index contributed by atoms with van der Waals surface area (Å²) in [6.45, 7) is 0.459. The Labute approximate surface area is 212 Å². The Balaban J connectivity index is 1.20. The number of ether oxygens (including phenoxy) is 1. The van der Waals surface area contributed by atoms with Gasteiger partial charge < -0.3 is 9.15 Å². The van der Waals surface area contributed by atoms with Crippen molar-refractivity contribution in [2.24, 2.45) is 5.10 Å². The number of hydrazone groups is 1. The Hall–Kier alpha value is -3.42. The molecule has 0 aliphatic rings. The lowest BCUT2D eigenvalue weighted by atomic mass is 10.1. The van der Waals surface area contributed by atoms with Crippen molar-refractivity contribution in [3.05, 3.63) is 111 Å². The van der Waals surface area contributed by atoms with Gasteiger partial charge in [-0.3, -0.25) is 4.79 Å². The van der Waals surface area contributed by atoms with Crippen LogP contribution in [0.3, 0.4) is 0 Å². The maximum atomic E-state index is 12.4. The third kappa shape index (κ3) is 5.05. The molecule has 1 aromatic heterocycles. The molecule has 5 nitrogen and oxygen atoms in total. The predicted octanol–water partition coefficient (Wildman–Crippen LogP) is 7.45. The normalized spacial score (nSPS) is 11.4. The van der Waals surface area contributed by atoms with E-state index < -0.39 is 5.91 Å². The van der Waals surface area contributed by atoms with Crippen LogP contribution in [0, 0.1) is 0 Å². The number of carbonyl (C=O) groups excluding carboxylic acids is 1. The molecule has 168 valence electrons. The lowest BCUT2D eigenvalue weighted by Gasteiger charge is -2.09. The number of halogens is 2. The van der Waals surface area contributed by atoms with Crippen LogP contribution in [0.2, 0.25) is 0 Å². The van der Waals surface area contributed by atoms with Crippen molar-refractivity contribution in [2.75, 3.05) is 0 Å². The van der Waals surface area contributed by atoms with Crippen molar-refractivity contribution in [1.82, 2.24) is 5.43 Å². The number of amides is 1. The zero-order chi connectivity index (χ0) is 23.5. The van der Waals surface area contributed by atoms with Crippen LogP contribution < -0.4 is 10.2 Å². The summed E-state index contributed by atoms with van der Waals surface area (Å²) in [6.07, 6.45) is 1.56. The van der Waals surface area contributed by atoms with Crippen LogP contribution in [0.15, 0.2) is 103 Å². The van der Waals surface area contributed by atoms with E-state index in [9.17, 15) is 4.79 Å². The molecule has 0 aliphatic carbocycles. The van der Waals surface area contributed by atoms with Crippen molar-refractivity contribution in [3.63, 3.8) is 0 Å². The number of hydrogen-bond acceptors (Lipinski definition) is 4. The number of furan rings is 1. The molecule has 5 aromatic rings. The van der Waals surface area contributed by atoms with E-state index in [0.29, 0.717) is 12.2 Å². The highest BCUT2D eigenvalue weighted by Crippen LogP contribution is 2.27. The molecule has 0 atom stereocenters. The molecular weight excluding hydrogens is 560 g/mol. The molecule has 7 heteroatoms. The van der Waals surface area contributed by atoms with E-state index in [-0.39, 0.29) is 5.76 Å². The minimum atomic E-state index is -0.419. The van der Waals surface area contributed by atoms with Gasteiger partial charge in [0.15, 0.2) is 5.76 Å². The molecule has 0 bridgehead atoms. The molecule has 1 N–H and O–H groups in total. The molecular formula is C27H18Br2N2O3. The summed E-state index contributed by atoms with van der Waals surface area (Å²) in [5.74, 6) is 0.504. The van der Waals surface area contributed by atoms with Crippen molar-refractivity contribution in [1.29, 1.82) is 0 Å². The average molecular weight is 578 g/mol. The minimum absolute atomic E-state index is 0.198. The number of carbonyl (C=O) groups is 1. The molecule has 0 spiro atoms. The van der Waals surface area contributed by atoms with Crippen LogP contribution >= 0.6 is 31.9 Å². The maximum absolute atomic E-state index is 12.4. The summed E-state index contributed by atoms with van der Waals surface area (Å²) in [6, 6.07) is 27.4. The van der Waals surface area contributed by atoms with E-state index in [1.807, 2.05) is 42.5 Å². The van der Waals surface area contributed by atoms with E-state index >= 15 is 0 Å². The zero-order valence-electron chi connectivity index (χ0n) is 17.8. The standard InChI is InChI=1S/C27H18Br2N2O3/c28-22-8-10-24-21(13-22)14-26(34-24)27(32)31-30-15-17-6-9-25(23(29)12-17)33-16-18-5-7-19-3-1-2-4-20(19)11-18/h1-15H,16H2,(H,31,32)/b30-15-. The van der Waals surface area contributed by atoms with E-state index in [1.165, 1.54) is 10.8 Å². The Kier molecular flexibility index (Phi) is 6.47. The topological polar surface area (TPSA) is 63.8 Å². The highest BCUT2D eigenvalue weighted by molar-refractivity contribution is 9.10. The largest absolute Gasteiger partial charge is 0.488 e. The van der Waals surface area contributed by atoms with Crippen LogP contribution in [0.4, 0.5) is 0 Å². The molecule has 4 aromatic carbocycles. The van der Waals surface area contributed by atoms with Crippen LogP contribution in [0.25, 0.3) is 21.7 Å². The Morgan fingerprint density at radius 1 is 0.912 bits per heavy atom. The minimum Gasteiger partial charge on any atom is -0.488 e. The van der Waals surface area contributed by atoms with Gasteiger partial charge >= 0.3 is 5.91 Å². The molecule has 0 fully saturated rings. The van der Waals surface area contributed by atoms with Crippen LogP contribution in [-0.2, 0) is 6.61 Å². The highest BCUT2D eigenvalue weighted by atomic mass is 79.9. The summed E-state index contributed by atoms with van der Waals surface area (Å²) >= 11 is 6.96. The molecule has 0 saturated heterocycles. The SMILES string of the molecule is O=C(N/N=C\c1ccc(OCc2ccc3ccccc3c2)c(Br)c1)c1cc2cc(Br)ccc2o1. The number of benzene rings is 4. The number of rotatable bonds is 6. The highest BCUT2D eigenvalue weighted by Gasteiger charge is 2.12. The third-order valence-corrected chi connectivity index (χ3v) is 6.36. The van der Waals surface area contributed by atoms with Gasteiger partial charge in [0, 0.05) is 9.86 Å². The lowest BCUT2D eigenvalue weighted by molar-refractivity contribution is 0.0929. The third-order valence-electron chi connectivity index (χ3n) is 5.25. The fraction of sp³-hybridized carbons (Fsp3) is 0.0370. The summed E-state index contributed by atoms with van der Waals surface area (Å²) in [5.41, 5.74) is 5.03. The van der Waals surface area contributed by atoms with Crippen molar-refractivity contribution >= 4 is 65.7 Å². The first kappa shape index (κ1) is 22.4. The van der Waals surface area contributed by atoms with Gasteiger partial charge in [-0.05, 0) is 86.4 Å². The van der Waals surface area contributed by atoms with Crippen LogP contribution in [0.1, 0.15) is 21.7 Å². The Bertz CT molecular complexity index is 1540. The lowest BCUT2D eigenvalue weighted by Crippen LogP contribution is -2.16. The average Bonchev–Trinajstić information content (AvgIpc) is 3.27. The van der Waals surface area contributed by atoms with Crippen LogP contribution in [0.5, 0.6) is 5.75 Å². The molecule has 0 saturated carbocycles. The first-order valence-corrected chi connectivity index (χ1v) is 12.1. The Morgan fingerprint density at radius 3 is 2.62 bits per heavy atom. The van der Waals surface area contributed by atoms with Gasteiger partial charge in [0.25, 0.3) is 0 Å². The first-order valence-electron chi connectivity index (χ1n) is 10.5. The quantitative estimate of drug-likeness (QED) is 0.168. The molecule has 0 aliphatic heterocycles. The van der Waals surface area contributed by atoms with Gasteiger partial charge in [-0.2, -0.15) is 5.10 Å². The second-order valence-corrected chi connectivity index (χ2v) is 9.42. The zero-order valence-corrected chi connectivity index (χ0v) is 21.0. The molecule has 5 rings (SSSR count). The predicted molar refractivity (Wildman–Crippen MR) is 141 cm³/mol. The second kappa shape index (κ2) is 9.83. The van der Waals surface area contributed by atoms with Crippen molar-refractivity contribution < 1.29 is 13.9 Å². The number of nitrogens with one attached hydrogen (secondary N) is 1. The molecule has 0 unspecified atom stereocenters. The molecule has 34 heavy (non-hydrogen) atoms. The summed E-state index contributed by atoms with van der Waals surface area (Å²) in [4.78, 5) is 12.4. The van der Waals surface area contributed by atoms with Crippen LogP contribution in [-0.4, -0.2) is 12.1 Å². The molecule has 1 heterocycles. The van der Waals surface area contributed by atoms with Gasteiger partial charge in [-0.15, -0.1) is 0 Å². The molecule has 1 amide bonds. The first-order chi connectivity index (χ1) is 16.5. The van der Waals surface area contributed by atoms with Gasteiger partial charge in [0.05, 0.1) is 10.7 Å². The molecule has 0 radical (unpaired) electrons. The number of nitrogens with zero attached hydrogens (tertiary/aromatic N) is 1. The maximum Gasteiger partial charge on any atom is 0.307 e. The second-order valence-electron chi connectivity index (χ2n) is 7.65. The fourth-order valence-electron chi connectivity index (χ4n) is 3.55. The van der Waals surface area contributed by atoms with Gasteiger partial charge in [0.2, 0.25) is 0 Å². The van der Waals surface area contributed by atoms with E-state index in [0.717, 1.165) is 31.2 Å². The summed E-state index contributed by atoms with van der Waals surface area (Å²) < 4.78 is 13.3. The smallest absolute Gasteiger partial charge is 0.307 e. The van der Waals surface area contributed by atoms with E-state index in [4.69, 9.17) is 9.15 Å². The van der Waals surface area contributed by atoms with Crippen molar-refractivity contribution in [3.8, 4) is 5.75 Å². The fourth-order valence-corrected chi connectivity index (χ4v) is 4.44. The van der Waals surface area contributed by atoms with Gasteiger partial charge in [-0.25, -0.2) is 5.43 Å². The number of hydrogen-bond donors (Lipinski definition) is 1. The summed E-state index contributed by atoms with van der Waals surface area (Å²) in [5, 5.41) is 7.28. The van der Waals surface area contributed by atoms with Gasteiger partial charge in [0.1, 0.15) is 17.9 Å². The summed E-state index contributed by atoms with van der Waals surface area (Å²) in [7, 11) is 0. The van der Waals surface area contributed by atoms with E-state index in [1.54, 1.807) is 18.3 Å².